The molecule has 0 rings (SSSR count). The average Bonchev–Trinajstić information content (AvgIpc) is 2.59. The summed E-state index contributed by atoms with van der Waals surface area (Å²) in [5.41, 5.74) is 1.31. The van der Waals surface area contributed by atoms with Gasteiger partial charge < -0.3 is 4.52 Å². The third kappa shape index (κ3) is 18.2. The van der Waals surface area contributed by atoms with Crippen LogP contribution in [0.3, 0.4) is 0 Å². The second kappa shape index (κ2) is 19.2. The zero-order chi connectivity index (χ0) is 17.9. The summed E-state index contributed by atoms with van der Waals surface area (Å²) < 4.78 is 17.1. The van der Waals surface area contributed by atoms with Gasteiger partial charge in [0.05, 0.1) is 6.61 Å². The molecule has 0 saturated heterocycles. The number of nitrogens with one attached hydrogen (secondary N) is 1. The van der Waals surface area contributed by atoms with Gasteiger partial charge in [0.25, 0.3) is 8.18 Å². The molecule has 0 amide bonds. The molecule has 0 saturated carbocycles. The Kier molecular flexibility index (Phi) is 19.1. The molecule has 0 heterocycles. The molecule has 0 fully saturated rings. The fourth-order valence-electron chi connectivity index (χ4n) is 2.67. The van der Waals surface area contributed by atoms with Crippen molar-refractivity contribution in [2.24, 2.45) is 0 Å². The van der Waals surface area contributed by atoms with E-state index in [-0.39, 0.29) is 0 Å². The normalized spacial score (nSPS) is 12.4. The van der Waals surface area contributed by atoms with Gasteiger partial charge in [-0.1, -0.05) is 83.8 Å². The summed E-state index contributed by atoms with van der Waals surface area (Å²) in [6.45, 7) is 9.82. The minimum absolute atomic E-state index is 0.633. The standard InChI is InChI=1S/C20H42NO2P/c1-4-6-7-8-9-10-11-12-13-16-19-23-24(22)21-18-15-14-17-20(3)5-2/h24H,3-19H2,1-2H3,(H,21,22). The van der Waals surface area contributed by atoms with Gasteiger partial charge in [0, 0.05) is 6.54 Å². The van der Waals surface area contributed by atoms with E-state index in [1.165, 1.54) is 63.4 Å². The van der Waals surface area contributed by atoms with E-state index < -0.39 is 8.18 Å². The van der Waals surface area contributed by atoms with Gasteiger partial charge in [-0.3, -0.25) is 4.57 Å². The Morgan fingerprint density at radius 1 is 0.875 bits per heavy atom. The molecule has 3 nitrogen and oxygen atoms in total. The fourth-order valence-corrected chi connectivity index (χ4v) is 3.49. The second-order valence-electron chi connectivity index (χ2n) is 6.81. The van der Waals surface area contributed by atoms with E-state index in [4.69, 9.17) is 4.52 Å². The summed E-state index contributed by atoms with van der Waals surface area (Å²) in [7, 11) is -2.03. The van der Waals surface area contributed by atoms with Crippen molar-refractivity contribution < 1.29 is 9.09 Å². The number of rotatable bonds is 19. The maximum absolute atomic E-state index is 11.7. The van der Waals surface area contributed by atoms with Gasteiger partial charge in [0.15, 0.2) is 0 Å². The minimum atomic E-state index is -2.03. The van der Waals surface area contributed by atoms with E-state index in [0.29, 0.717) is 6.61 Å². The molecule has 0 bridgehead atoms. The van der Waals surface area contributed by atoms with Crippen LogP contribution in [0.1, 0.15) is 104 Å². The summed E-state index contributed by atoms with van der Waals surface area (Å²) in [6.07, 6.45) is 17.4. The summed E-state index contributed by atoms with van der Waals surface area (Å²) in [5, 5.41) is 3.00. The zero-order valence-electron chi connectivity index (χ0n) is 16.3. The van der Waals surface area contributed by atoms with Gasteiger partial charge in [-0.15, -0.1) is 0 Å². The van der Waals surface area contributed by atoms with Crippen molar-refractivity contribution in [1.29, 1.82) is 0 Å². The SMILES string of the molecule is C=C(CC)CCCCN[PH](=O)OCCCCCCCCCCCC. The van der Waals surface area contributed by atoms with Crippen molar-refractivity contribution >= 4 is 8.18 Å². The first-order chi connectivity index (χ1) is 11.7. The van der Waals surface area contributed by atoms with Gasteiger partial charge in [-0.05, 0) is 32.1 Å². The maximum atomic E-state index is 11.7. The molecular weight excluding hydrogens is 317 g/mol. The monoisotopic (exact) mass is 359 g/mol. The Bertz CT molecular complexity index is 308. The molecule has 0 aromatic rings. The Hall–Kier alpha value is -0.110. The molecule has 0 radical (unpaired) electrons. The van der Waals surface area contributed by atoms with Crippen molar-refractivity contribution in [3.05, 3.63) is 12.2 Å². The van der Waals surface area contributed by atoms with Gasteiger partial charge in [0.2, 0.25) is 0 Å². The van der Waals surface area contributed by atoms with E-state index in [1.807, 2.05) is 0 Å². The third-order valence-electron chi connectivity index (χ3n) is 4.46. The molecule has 4 heteroatoms. The number of hydrogen-bond acceptors (Lipinski definition) is 2. The molecule has 0 aromatic heterocycles. The van der Waals surface area contributed by atoms with Crippen molar-refractivity contribution in [3.8, 4) is 0 Å². The molecule has 0 aromatic carbocycles. The molecule has 0 aliphatic carbocycles. The topological polar surface area (TPSA) is 38.3 Å². The van der Waals surface area contributed by atoms with Crippen LogP contribution in [-0.2, 0) is 9.09 Å². The summed E-state index contributed by atoms with van der Waals surface area (Å²) in [6, 6.07) is 0. The lowest BCUT2D eigenvalue weighted by atomic mass is 10.1. The number of allylic oxidation sites excluding steroid dienone is 1. The third-order valence-corrected chi connectivity index (χ3v) is 5.46. The molecule has 1 unspecified atom stereocenters. The predicted octanol–water partition coefficient (Wildman–Crippen LogP) is 7.04. The van der Waals surface area contributed by atoms with Gasteiger partial charge in [0.1, 0.15) is 0 Å². The Balaban J connectivity index is 3.19. The summed E-state index contributed by atoms with van der Waals surface area (Å²) in [4.78, 5) is 0. The van der Waals surface area contributed by atoms with Crippen molar-refractivity contribution in [2.45, 2.75) is 104 Å². The largest absolute Gasteiger partial charge is 0.320 e. The number of hydrogen-bond donors (Lipinski definition) is 1. The molecule has 0 spiro atoms. The quantitative estimate of drug-likeness (QED) is 0.153. The van der Waals surface area contributed by atoms with Crippen LogP contribution < -0.4 is 5.09 Å². The van der Waals surface area contributed by atoms with Crippen LogP contribution in [0.25, 0.3) is 0 Å². The Labute approximate surface area is 151 Å². The van der Waals surface area contributed by atoms with Gasteiger partial charge in [-0.2, -0.15) is 0 Å². The highest BCUT2D eigenvalue weighted by Crippen LogP contribution is 2.18. The molecule has 24 heavy (non-hydrogen) atoms. The molecule has 1 N–H and O–H groups in total. The first-order valence-corrected chi connectivity index (χ1v) is 11.6. The van der Waals surface area contributed by atoms with Crippen molar-refractivity contribution in [2.75, 3.05) is 13.2 Å². The van der Waals surface area contributed by atoms with Crippen LogP contribution in [0.4, 0.5) is 0 Å². The molecule has 0 aliphatic rings. The van der Waals surface area contributed by atoms with E-state index in [9.17, 15) is 4.57 Å². The minimum Gasteiger partial charge on any atom is -0.320 e. The first kappa shape index (κ1) is 23.9. The Morgan fingerprint density at radius 3 is 2.04 bits per heavy atom. The van der Waals surface area contributed by atoms with E-state index >= 15 is 0 Å². The van der Waals surface area contributed by atoms with Crippen LogP contribution in [0.5, 0.6) is 0 Å². The van der Waals surface area contributed by atoms with E-state index in [0.717, 1.165) is 38.6 Å². The van der Waals surface area contributed by atoms with Crippen LogP contribution in [-0.4, -0.2) is 13.2 Å². The lowest BCUT2D eigenvalue weighted by Gasteiger charge is -2.07. The van der Waals surface area contributed by atoms with Crippen LogP contribution in [0.15, 0.2) is 12.2 Å². The highest BCUT2D eigenvalue weighted by molar-refractivity contribution is 7.36. The van der Waals surface area contributed by atoms with Crippen LogP contribution in [0, 0.1) is 0 Å². The maximum Gasteiger partial charge on any atom is 0.258 e. The van der Waals surface area contributed by atoms with Crippen LogP contribution >= 0.6 is 8.18 Å². The smallest absolute Gasteiger partial charge is 0.258 e. The van der Waals surface area contributed by atoms with Gasteiger partial charge in [-0.25, -0.2) is 5.09 Å². The molecule has 0 aliphatic heterocycles. The average molecular weight is 360 g/mol. The first-order valence-electron chi connectivity index (χ1n) is 10.3. The second-order valence-corrected chi connectivity index (χ2v) is 8.02. The molecular formula is C20H42NO2P. The summed E-state index contributed by atoms with van der Waals surface area (Å²) in [5.74, 6) is 0. The number of unbranched alkanes of at least 4 members (excludes halogenated alkanes) is 10. The molecule has 144 valence electrons. The van der Waals surface area contributed by atoms with Crippen LogP contribution in [0.2, 0.25) is 0 Å². The lowest BCUT2D eigenvalue weighted by molar-refractivity contribution is 0.309. The van der Waals surface area contributed by atoms with E-state index in [1.54, 1.807) is 0 Å². The van der Waals surface area contributed by atoms with Crippen molar-refractivity contribution in [1.82, 2.24) is 5.09 Å². The van der Waals surface area contributed by atoms with E-state index in [2.05, 4.69) is 25.5 Å². The van der Waals surface area contributed by atoms with Gasteiger partial charge >= 0.3 is 0 Å². The Morgan fingerprint density at radius 2 is 1.46 bits per heavy atom. The fraction of sp³-hybridized carbons (Fsp3) is 0.900. The molecule has 1 atom stereocenters. The summed E-state index contributed by atoms with van der Waals surface area (Å²) >= 11 is 0. The highest BCUT2D eigenvalue weighted by Gasteiger charge is 1.99. The van der Waals surface area contributed by atoms with Crippen molar-refractivity contribution in [3.63, 3.8) is 0 Å². The zero-order valence-corrected chi connectivity index (χ0v) is 17.3. The predicted molar refractivity (Wildman–Crippen MR) is 108 cm³/mol. The lowest BCUT2D eigenvalue weighted by Crippen LogP contribution is -2.07. The highest BCUT2D eigenvalue weighted by atomic mass is 31.1.